The van der Waals surface area contributed by atoms with Gasteiger partial charge in [0.2, 0.25) is 0 Å². The summed E-state index contributed by atoms with van der Waals surface area (Å²) in [6.07, 6.45) is 0.437. The summed E-state index contributed by atoms with van der Waals surface area (Å²) >= 11 is 3.03. The third kappa shape index (κ3) is 2.26. The van der Waals surface area contributed by atoms with Gasteiger partial charge in [0.25, 0.3) is 10.0 Å². The van der Waals surface area contributed by atoms with Gasteiger partial charge in [-0.3, -0.25) is 4.79 Å². The van der Waals surface area contributed by atoms with Gasteiger partial charge in [0.1, 0.15) is 5.82 Å². The molecule has 0 amide bonds. The molecule has 2 aromatic carbocycles. The van der Waals surface area contributed by atoms with Crippen LogP contribution in [0.5, 0.6) is 0 Å². The number of halogens is 2. The number of carbonyl (C=O) groups is 1. The summed E-state index contributed by atoms with van der Waals surface area (Å²) in [7, 11) is -3.95. The van der Waals surface area contributed by atoms with E-state index < -0.39 is 15.8 Å². The highest BCUT2D eigenvalue weighted by Crippen LogP contribution is 2.29. The van der Waals surface area contributed by atoms with Gasteiger partial charge in [0.15, 0.2) is 6.29 Å². The molecule has 0 N–H and O–H groups in total. The summed E-state index contributed by atoms with van der Waals surface area (Å²) in [5, 5.41) is 0.335. The van der Waals surface area contributed by atoms with E-state index in [1.165, 1.54) is 30.3 Å². The van der Waals surface area contributed by atoms with Crippen LogP contribution in [-0.4, -0.2) is 18.7 Å². The van der Waals surface area contributed by atoms with E-state index in [0.29, 0.717) is 11.7 Å². The van der Waals surface area contributed by atoms with Gasteiger partial charge < -0.3 is 0 Å². The molecule has 0 aliphatic rings. The van der Waals surface area contributed by atoms with Gasteiger partial charge >= 0.3 is 0 Å². The van der Waals surface area contributed by atoms with Crippen molar-refractivity contribution in [3.8, 4) is 0 Å². The molecule has 22 heavy (non-hydrogen) atoms. The highest BCUT2D eigenvalue weighted by molar-refractivity contribution is 9.10. The van der Waals surface area contributed by atoms with E-state index in [4.69, 9.17) is 0 Å². The van der Waals surface area contributed by atoms with Crippen molar-refractivity contribution in [2.45, 2.75) is 4.90 Å². The number of aldehydes is 1. The smallest absolute Gasteiger partial charge is 0.268 e. The Hall–Kier alpha value is -1.99. The van der Waals surface area contributed by atoms with Crippen molar-refractivity contribution >= 4 is 43.1 Å². The highest BCUT2D eigenvalue weighted by Gasteiger charge is 2.23. The SMILES string of the molecule is O=Cc1cc2cc(F)c(Br)cc2n1S(=O)(=O)c1ccccc1. The van der Waals surface area contributed by atoms with Crippen LogP contribution >= 0.6 is 15.9 Å². The standard InChI is InChI=1S/C15H9BrFNO3S/c16-13-8-15-10(7-14(13)17)6-11(9-19)18(15)22(20,21)12-4-2-1-3-5-12/h1-9H. The summed E-state index contributed by atoms with van der Waals surface area (Å²) in [6.45, 7) is 0. The molecule has 7 heteroatoms. The number of rotatable bonds is 3. The molecule has 0 spiro atoms. The van der Waals surface area contributed by atoms with E-state index in [2.05, 4.69) is 15.9 Å². The predicted octanol–water partition coefficient (Wildman–Crippen LogP) is 3.59. The molecule has 4 nitrogen and oxygen atoms in total. The van der Waals surface area contributed by atoms with Crippen LogP contribution in [0.4, 0.5) is 4.39 Å². The van der Waals surface area contributed by atoms with Crippen LogP contribution in [0.2, 0.25) is 0 Å². The Balaban J connectivity index is 2.39. The molecule has 0 fully saturated rings. The second-order valence-electron chi connectivity index (χ2n) is 4.59. The minimum absolute atomic E-state index is 0.0519. The molecule has 0 atom stereocenters. The Bertz CT molecular complexity index is 981. The quantitative estimate of drug-likeness (QED) is 0.651. The van der Waals surface area contributed by atoms with E-state index >= 15 is 0 Å². The molecule has 112 valence electrons. The van der Waals surface area contributed by atoms with Crippen molar-refractivity contribution in [3.63, 3.8) is 0 Å². The van der Waals surface area contributed by atoms with E-state index in [1.54, 1.807) is 18.2 Å². The van der Waals surface area contributed by atoms with Crippen LogP contribution in [0.3, 0.4) is 0 Å². The second kappa shape index (κ2) is 5.33. The maximum absolute atomic E-state index is 13.6. The van der Waals surface area contributed by atoms with Crippen molar-refractivity contribution in [1.82, 2.24) is 3.97 Å². The minimum atomic E-state index is -3.95. The van der Waals surface area contributed by atoms with Crippen molar-refractivity contribution in [1.29, 1.82) is 0 Å². The zero-order chi connectivity index (χ0) is 15.9. The zero-order valence-electron chi connectivity index (χ0n) is 11.0. The number of nitrogens with zero attached hydrogens (tertiary/aromatic N) is 1. The summed E-state index contributed by atoms with van der Waals surface area (Å²) in [5.41, 5.74) is 0.176. The fourth-order valence-corrected chi connectivity index (χ4v) is 4.08. The lowest BCUT2D eigenvalue weighted by Gasteiger charge is -2.09. The number of benzene rings is 2. The molecule has 3 rings (SSSR count). The van der Waals surface area contributed by atoms with Crippen LogP contribution in [0, 0.1) is 5.82 Å². The van der Waals surface area contributed by atoms with Gasteiger partial charge in [0, 0.05) is 5.39 Å². The maximum Gasteiger partial charge on any atom is 0.268 e. The first kappa shape index (κ1) is 14.9. The normalized spacial score (nSPS) is 11.7. The lowest BCUT2D eigenvalue weighted by molar-refractivity contribution is 0.111. The largest absolute Gasteiger partial charge is 0.296 e. The third-order valence-electron chi connectivity index (χ3n) is 3.23. The summed E-state index contributed by atoms with van der Waals surface area (Å²) < 4.78 is 40.2. The predicted molar refractivity (Wildman–Crippen MR) is 84.0 cm³/mol. The highest BCUT2D eigenvalue weighted by atomic mass is 79.9. The number of carbonyl (C=O) groups excluding carboxylic acids is 1. The second-order valence-corrected chi connectivity index (χ2v) is 7.24. The van der Waals surface area contributed by atoms with Gasteiger partial charge in [-0.2, -0.15) is 0 Å². The molecule has 0 aliphatic heterocycles. The molecule has 0 radical (unpaired) electrons. The van der Waals surface area contributed by atoms with Crippen molar-refractivity contribution < 1.29 is 17.6 Å². The molecule has 0 saturated heterocycles. The Morgan fingerprint density at radius 3 is 2.41 bits per heavy atom. The fourth-order valence-electron chi connectivity index (χ4n) is 2.25. The van der Waals surface area contributed by atoms with E-state index in [9.17, 15) is 17.6 Å². The van der Waals surface area contributed by atoms with E-state index in [0.717, 1.165) is 3.97 Å². The lowest BCUT2D eigenvalue weighted by Crippen LogP contribution is -2.15. The molecule has 0 saturated carbocycles. The first-order chi connectivity index (χ1) is 10.4. The lowest BCUT2D eigenvalue weighted by atomic mass is 10.2. The first-order valence-electron chi connectivity index (χ1n) is 6.21. The summed E-state index contributed by atoms with van der Waals surface area (Å²) in [4.78, 5) is 11.3. The molecule has 0 bridgehead atoms. The summed E-state index contributed by atoms with van der Waals surface area (Å²) in [5.74, 6) is -0.529. The number of hydrogen-bond donors (Lipinski definition) is 0. The average molecular weight is 382 g/mol. The molecule has 1 heterocycles. The van der Waals surface area contributed by atoms with E-state index in [1.807, 2.05) is 0 Å². The van der Waals surface area contributed by atoms with E-state index in [-0.39, 0.29) is 20.6 Å². The number of fused-ring (bicyclic) bond motifs is 1. The van der Waals surface area contributed by atoms with Crippen molar-refractivity contribution in [3.05, 3.63) is 64.5 Å². The Morgan fingerprint density at radius 1 is 1.09 bits per heavy atom. The molecule has 0 unspecified atom stereocenters. The molecule has 3 aromatic rings. The molecular formula is C15H9BrFNO3S. The van der Waals surface area contributed by atoms with Crippen LogP contribution in [-0.2, 0) is 10.0 Å². The fraction of sp³-hybridized carbons (Fsp3) is 0. The third-order valence-corrected chi connectivity index (χ3v) is 5.59. The minimum Gasteiger partial charge on any atom is -0.296 e. The van der Waals surface area contributed by atoms with Crippen LogP contribution in [0.25, 0.3) is 10.9 Å². The number of hydrogen-bond acceptors (Lipinski definition) is 3. The van der Waals surface area contributed by atoms with Gasteiger partial charge in [0.05, 0.1) is 20.6 Å². The number of aromatic nitrogens is 1. The topological polar surface area (TPSA) is 56.1 Å². The first-order valence-corrected chi connectivity index (χ1v) is 8.45. The van der Waals surface area contributed by atoms with Crippen LogP contribution in [0.15, 0.2) is 57.9 Å². The Morgan fingerprint density at radius 2 is 1.77 bits per heavy atom. The zero-order valence-corrected chi connectivity index (χ0v) is 13.4. The van der Waals surface area contributed by atoms with Gasteiger partial charge in [-0.1, -0.05) is 18.2 Å². The maximum atomic E-state index is 13.6. The Kier molecular flexibility index (Phi) is 3.62. The van der Waals surface area contributed by atoms with Crippen LogP contribution in [0.1, 0.15) is 10.5 Å². The molecule has 1 aromatic heterocycles. The van der Waals surface area contributed by atoms with Crippen molar-refractivity contribution in [2.75, 3.05) is 0 Å². The van der Waals surface area contributed by atoms with Crippen molar-refractivity contribution in [2.24, 2.45) is 0 Å². The van der Waals surface area contributed by atoms with Gasteiger partial charge in [-0.05, 0) is 46.3 Å². The Labute approximate surface area is 134 Å². The molecular weight excluding hydrogens is 373 g/mol. The van der Waals surface area contributed by atoms with Gasteiger partial charge in [-0.15, -0.1) is 0 Å². The average Bonchev–Trinajstić information content (AvgIpc) is 2.87. The summed E-state index contributed by atoms with van der Waals surface area (Å²) in [6, 6.07) is 11.6. The molecule has 0 aliphatic carbocycles. The van der Waals surface area contributed by atoms with Crippen LogP contribution < -0.4 is 0 Å². The van der Waals surface area contributed by atoms with Gasteiger partial charge in [-0.25, -0.2) is 16.8 Å². The monoisotopic (exact) mass is 381 g/mol.